The molecule has 0 unspecified atom stereocenters. The fraction of sp³-hybridized carbons (Fsp3) is 0.571. The van der Waals surface area contributed by atoms with Gasteiger partial charge >= 0.3 is 8.60 Å². The topological polar surface area (TPSA) is 46.2 Å². The zero-order valence-corrected chi connectivity index (χ0v) is 12.6. The second-order valence-corrected chi connectivity index (χ2v) is 6.51. The molecule has 1 saturated heterocycles. The Morgan fingerprint density at radius 1 is 1.20 bits per heavy atom. The minimum absolute atomic E-state index is 0.0645. The molecule has 1 aromatic rings. The quantitative estimate of drug-likeness (QED) is 0.802. The average molecular weight is 298 g/mol. The van der Waals surface area contributed by atoms with Crippen molar-refractivity contribution in [2.45, 2.75) is 39.0 Å². The zero-order chi connectivity index (χ0) is 14.0. The van der Waals surface area contributed by atoms with Crippen molar-refractivity contribution in [3.05, 3.63) is 35.4 Å². The molecule has 0 bridgehead atoms. The second-order valence-electron chi connectivity index (χ2n) is 5.29. The molecule has 0 radical (unpaired) electrons. The van der Waals surface area contributed by atoms with Gasteiger partial charge in [0.2, 0.25) is 0 Å². The van der Waals surface area contributed by atoms with Gasteiger partial charge in [0.1, 0.15) is 6.10 Å². The Bertz CT molecular complexity index is 438. The van der Waals surface area contributed by atoms with Gasteiger partial charge < -0.3 is 23.0 Å². The van der Waals surface area contributed by atoms with Crippen LogP contribution in [0.3, 0.4) is 0 Å². The number of rotatable bonds is 3. The van der Waals surface area contributed by atoms with Crippen LogP contribution >= 0.6 is 8.60 Å². The predicted molar refractivity (Wildman–Crippen MR) is 73.8 cm³/mol. The molecule has 0 aliphatic carbocycles. The van der Waals surface area contributed by atoms with Crippen molar-refractivity contribution < 1.29 is 23.0 Å². The lowest BCUT2D eigenvalue weighted by Gasteiger charge is -2.18. The minimum Gasteiger partial charge on any atom is -0.348 e. The molecule has 2 heterocycles. The van der Waals surface area contributed by atoms with E-state index in [2.05, 4.69) is 0 Å². The maximum atomic E-state index is 5.69. The number of ether oxygens (including phenoxy) is 2. The fourth-order valence-electron chi connectivity index (χ4n) is 2.18. The van der Waals surface area contributed by atoms with E-state index in [1.165, 1.54) is 0 Å². The Kier molecular flexibility index (Phi) is 4.36. The van der Waals surface area contributed by atoms with Crippen LogP contribution in [0.4, 0.5) is 0 Å². The highest BCUT2D eigenvalue weighted by Gasteiger charge is 2.33. The van der Waals surface area contributed by atoms with Crippen LogP contribution in [0.1, 0.15) is 25.0 Å². The molecule has 0 saturated carbocycles. The molecule has 110 valence electrons. The van der Waals surface area contributed by atoms with E-state index < -0.39 is 14.4 Å². The van der Waals surface area contributed by atoms with E-state index in [4.69, 9.17) is 23.0 Å². The normalized spacial score (nSPS) is 26.2. The number of hydrogen-bond acceptors (Lipinski definition) is 5. The summed E-state index contributed by atoms with van der Waals surface area (Å²) in [6, 6.07) is 8.10. The molecule has 1 aromatic carbocycles. The number of fused-ring (bicyclic) bond motifs is 1. The van der Waals surface area contributed by atoms with Crippen molar-refractivity contribution in [2.75, 3.05) is 13.2 Å². The molecule has 2 aliphatic heterocycles. The van der Waals surface area contributed by atoms with Gasteiger partial charge in [-0.3, -0.25) is 0 Å². The van der Waals surface area contributed by atoms with Gasteiger partial charge in [-0.2, -0.15) is 0 Å². The number of benzene rings is 1. The molecule has 0 spiro atoms. The van der Waals surface area contributed by atoms with E-state index in [0.29, 0.717) is 26.4 Å². The van der Waals surface area contributed by atoms with Gasteiger partial charge in [0.25, 0.3) is 0 Å². The van der Waals surface area contributed by atoms with Crippen molar-refractivity contribution in [3.63, 3.8) is 0 Å². The Balaban J connectivity index is 1.49. The summed E-state index contributed by atoms with van der Waals surface area (Å²) in [6.07, 6.45) is -0.0645. The lowest BCUT2D eigenvalue weighted by molar-refractivity contribution is -0.141. The SMILES string of the molecule is CC1(C)OC[C@H](COP2OCc3ccccc3CO2)O1. The van der Waals surface area contributed by atoms with Crippen LogP contribution in [0.25, 0.3) is 0 Å². The van der Waals surface area contributed by atoms with Gasteiger partial charge in [-0.05, 0) is 25.0 Å². The molecule has 20 heavy (non-hydrogen) atoms. The molecule has 5 nitrogen and oxygen atoms in total. The third-order valence-corrected chi connectivity index (χ3v) is 4.24. The third-order valence-electron chi connectivity index (χ3n) is 3.20. The Morgan fingerprint density at radius 2 is 1.85 bits per heavy atom. The first kappa shape index (κ1) is 14.4. The first-order valence-corrected chi connectivity index (χ1v) is 7.79. The van der Waals surface area contributed by atoms with Gasteiger partial charge in [0.05, 0.1) is 26.4 Å². The van der Waals surface area contributed by atoms with Crippen LogP contribution in [-0.2, 0) is 36.3 Å². The maximum absolute atomic E-state index is 5.69. The maximum Gasteiger partial charge on any atom is 0.333 e. The lowest BCUT2D eigenvalue weighted by Crippen LogP contribution is -2.23. The van der Waals surface area contributed by atoms with Gasteiger partial charge in [0, 0.05) is 0 Å². The van der Waals surface area contributed by atoms with Crippen LogP contribution in [0.5, 0.6) is 0 Å². The van der Waals surface area contributed by atoms with E-state index in [9.17, 15) is 0 Å². The lowest BCUT2D eigenvalue weighted by atomic mass is 10.1. The fourth-order valence-corrected chi connectivity index (χ4v) is 3.19. The Hall–Kier alpha value is -0.550. The summed E-state index contributed by atoms with van der Waals surface area (Å²) in [4.78, 5) is 0. The molecule has 6 heteroatoms. The summed E-state index contributed by atoms with van der Waals surface area (Å²) in [7, 11) is -1.33. The molecule has 0 amide bonds. The van der Waals surface area contributed by atoms with Crippen molar-refractivity contribution in [2.24, 2.45) is 0 Å². The first-order valence-electron chi connectivity index (χ1n) is 6.70. The zero-order valence-electron chi connectivity index (χ0n) is 11.7. The van der Waals surface area contributed by atoms with Gasteiger partial charge in [-0.25, -0.2) is 0 Å². The van der Waals surface area contributed by atoms with Crippen LogP contribution < -0.4 is 0 Å². The van der Waals surface area contributed by atoms with E-state index in [-0.39, 0.29) is 6.10 Å². The monoisotopic (exact) mass is 298 g/mol. The molecule has 1 fully saturated rings. The largest absolute Gasteiger partial charge is 0.348 e. The van der Waals surface area contributed by atoms with Crippen LogP contribution in [-0.4, -0.2) is 25.1 Å². The summed E-state index contributed by atoms with van der Waals surface area (Å²) in [5.41, 5.74) is 2.31. The first-order chi connectivity index (χ1) is 9.62. The number of hydrogen-bond donors (Lipinski definition) is 0. The second kappa shape index (κ2) is 6.06. The summed E-state index contributed by atoms with van der Waals surface area (Å²) < 4.78 is 28.2. The van der Waals surface area contributed by atoms with Crippen LogP contribution in [0.15, 0.2) is 24.3 Å². The van der Waals surface area contributed by atoms with Crippen LogP contribution in [0.2, 0.25) is 0 Å². The van der Waals surface area contributed by atoms with Gasteiger partial charge in [0.15, 0.2) is 5.79 Å². The molecule has 2 aliphatic rings. The van der Waals surface area contributed by atoms with Gasteiger partial charge in [-0.1, -0.05) is 24.3 Å². The highest BCUT2D eigenvalue weighted by molar-refractivity contribution is 7.41. The van der Waals surface area contributed by atoms with E-state index in [1.807, 2.05) is 38.1 Å². The van der Waals surface area contributed by atoms with Crippen molar-refractivity contribution >= 4 is 8.60 Å². The molecule has 0 aromatic heterocycles. The molecular weight excluding hydrogens is 279 g/mol. The highest BCUT2D eigenvalue weighted by atomic mass is 31.2. The predicted octanol–water partition coefficient (Wildman–Crippen LogP) is 3.13. The Morgan fingerprint density at radius 3 is 2.40 bits per heavy atom. The average Bonchev–Trinajstić information content (AvgIpc) is 2.67. The van der Waals surface area contributed by atoms with E-state index in [1.54, 1.807) is 0 Å². The van der Waals surface area contributed by atoms with Gasteiger partial charge in [-0.15, -0.1) is 0 Å². The molecular formula is C14H19O5P. The smallest absolute Gasteiger partial charge is 0.333 e. The van der Waals surface area contributed by atoms with Crippen molar-refractivity contribution in [3.8, 4) is 0 Å². The standard InChI is InChI=1S/C14H19O5P/c1-14(2)15-9-13(19-14)10-18-20-16-7-11-5-3-4-6-12(11)8-17-20/h3-6,13H,7-10H2,1-2H3/t13-/m1/s1. The molecule has 1 atom stereocenters. The van der Waals surface area contributed by atoms with Crippen molar-refractivity contribution in [1.82, 2.24) is 0 Å². The summed E-state index contributed by atoms with van der Waals surface area (Å²) in [5.74, 6) is -0.525. The summed E-state index contributed by atoms with van der Waals surface area (Å²) in [5, 5.41) is 0. The summed E-state index contributed by atoms with van der Waals surface area (Å²) in [6.45, 7) is 5.80. The van der Waals surface area contributed by atoms with Crippen LogP contribution in [0, 0.1) is 0 Å². The molecule has 0 N–H and O–H groups in total. The third kappa shape index (κ3) is 3.55. The van der Waals surface area contributed by atoms with E-state index >= 15 is 0 Å². The minimum atomic E-state index is -1.33. The summed E-state index contributed by atoms with van der Waals surface area (Å²) >= 11 is 0. The highest BCUT2D eigenvalue weighted by Crippen LogP contribution is 2.44. The van der Waals surface area contributed by atoms with E-state index in [0.717, 1.165) is 11.1 Å². The molecule has 3 rings (SSSR count). The van der Waals surface area contributed by atoms with Crippen molar-refractivity contribution in [1.29, 1.82) is 0 Å². The Labute approximate surface area is 120 Å².